The molecule has 0 aliphatic carbocycles. The van der Waals surface area contributed by atoms with Crippen molar-refractivity contribution in [3.63, 3.8) is 0 Å². The first kappa shape index (κ1) is 21.3. The quantitative estimate of drug-likeness (QED) is 0.627. The van der Waals surface area contributed by atoms with Crippen LogP contribution in [0, 0.1) is 18.3 Å². The van der Waals surface area contributed by atoms with E-state index in [0.717, 1.165) is 42.5 Å². The molecule has 5 nitrogen and oxygen atoms in total. The Balaban J connectivity index is 1.59. The Labute approximate surface area is 184 Å². The fourth-order valence-corrected chi connectivity index (χ4v) is 4.33. The fraction of sp³-hybridized carbons (Fsp3) is 0.346. The summed E-state index contributed by atoms with van der Waals surface area (Å²) in [7, 11) is 1.62. The molecular formula is C26H29N3O2. The lowest BCUT2D eigenvalue weighted by Crippen LogP contribution is -2.46. The number of nitriles is 1. The molecule has 31 heavy (non-hydrogen) atoms. The highest BCUT2D eigenvalue weighted by Crippen LogP contribution is 2.33. The van der Waals surface area contributed by atoms with Gasteiger partial charge in [-0.25, -0.2) is 0 Å². The van der Waals surface area contributed by atoms with Crippen LogP contribution in [0.15, 0.2) is 54.6 Å². The van der Waals surface area contributed by atoms with Gasteiger partial charge >= 0.3 is 0 Å². The van der Waals surface area contributed by atoms with E-state index < -0.39 is 0 Å². The standard InChI is InChI=1S/C26H29N3O2/c1-19-7-9-20(10-8-19)25(29-13-11-28-12-14-29)18-31-17-24-23-6-4-3-5-21(23)15-22(16-27)26(24)30-2/h3-10,15,25,28H,11-14,17-18H2,1-2H3. The zero-order valence-electron chi connectivity index (χ0n) is 18.2. The molecule has 0 bridgehead atoms. The van der Waals surface area contributed by atoms with Gasteiger partial charge in [-0.05, 0) is 29.3 Å². The topological polar surface area (TPSA) is 57.5 Å². The molecular weight excluding hydrogens is 386 g/mol. The summed E-state index contributed by atoms with van der Waals surface area (Å²) >= 11 is 0. The molecule has 1 atom stereocenters. The molecule has 0 aromatic heterocycles. The first-order valence-corrected chi connectivity index (χ1v) is 10.8. The van der Waals surface area contributed by atoms with E-state index in [1.165, 1.54) is 11.1 Å². The van der Waals surface area contributed by atoms with Gasteiger partial charge in [0.15, 0.2) is 0 Å². The van der Waals surface area contributed by atoms with Crippen LogP contribution in [0.5, 0.6) is 5.75 Å². The number of nitrogens with one attached hydrogen (secondary N) is 1. The third-order valence-corrected chi connectivity index (χ3v) is 6.01. The van der Waals surface area contributed by atoms with Crippen LogP contribution >= 0.6 is 0 Å². The molecule has 160 valence electrons. The maximum absolute atomic E-state index is 9.60. The van der Waals surface area contributed by atoms with Crippen LogP contribution in [0.4, 0.5) is 0 Å². The van der Waals surface area contributed by atoms with E-state index >= 15 is 0 Å². The second-order valence-corrected chi connectivity index (χ2v) is 8.00. The third kappa shape index (κ3) is 4.72. The van der Waals surface area contributed by atoms with Crippen LogP contribution in [0.2, 0.25) is 0 Å². The second-order valence-electron chi connectivity index (χ2n) is 8.00. The van der Waals surface area contributed by atoms with Gasteiger partial charge in [0, 0.05) is 31.7 Å². The number of ether oxygens (including phenoxy) is 2. The molecule has 4 rings (SSSR count). The number of methoxy groups -OCH3 is 1. The minimum absolute atomic E-state index is 0.194. The van der Waals surface area contributed by atoms with Crippen LogP contribution in [-0.2, 0) is 11.3 Å². The summed E-state index contributed by atoms with van der Waals surface area (Å²) in [5.74, 6) is 0.607. The van der Waals surface area contributed by atoms with Crippen molar-refractivity contribution in [2.45, 2.75) is 19.6 Å². The zero-order valence-corrected chi connectivity index (χ0v) is 18.2. The molecule has 5 heteroatoms. The molecule has 1 aliphatic heterocycles. The van der Waals surface area contributed by atoms with Crippen molar-refractivity contribution in [1.82, 2.24) is 10.2 Å². The average Bonchev–Trinajstić information content (AvgIpc) is 2.82. The first-order valence-electron chi connectivity index (χ1n) is 10.8. The maximum atomic E-state index is 9.60. The minimum Gasteiger partial charge on any atom is -0.495 e. The minimum atomic E-state index is 0.194. The molecule has 1 unspecified atom stereocenters. The summed E-state index contributed by atoms with van der Waals surface area (Å²) in [4.78, 5) is 2.49. The van der Waals surface area contributed by atoms with Crippen molar-refractivity contribution >= 4 is 10.8 Å². The predicted molar refractivity (Wildman–Crippen MR) is 123 cm³/mol. The molecule has 1 saturated heterocycles. The number of hydrogen-bond acceptors (Lipinski definition) is 5. The van der Waals surface area contributed by atoms with E-state index in [1.54, 1.807) is 7.11 Å². The summed E-state index contributed by atoms with van der Waals surface area (Å²) in [5.41, 5.74) is 4.00. The Morgan fingerprint density at radius 3 is 2.55 bits per heavy atom. The van der Waals surface area contributed by atoms with Crippen LogP contribution in [0.25, 0.3) is 10.8 Å². The van der Waals surface area contributed by atoms with Crippen molar-refractivity contribution < 1.29 is 9.47 Å². The largest absolute Gasteiger partial charge is 0.495 e. The summed E-state index contributed by atoms with van der Waals surface area (Å²) in [6.07, 6.45) is 0. The Morgan fingerprint density at radius 1 is 1.10 bits per heavy atom. The van der Waals surface area contributed by atoms with Crippen LogP contribution in [0.3, 0.4) is 0 Å². The molecule has 3 aromatic rings. The van der Waals surface area contributed by atoms with E-state index in [1.807, 2.05) is 24.3 Å². The monoisotopic (exact) mass is 415 g/mol. The highest BCUT2D eigenvalue weighted by molar-refractivity contribution is 5.89. The van der Waals surface area contributed by atoms with Crippen molar-refractivity contribution in [1.29, 1.82) is 5.26 Å². The Bertz CT molecular complexity index is 1070. The Hall–Kier alpha value is -2.91. The zero-order chi connectivity index (χ0) is 21.6. The number of benzene rings is 3. The number of nitrogens with zero attached hydrogens (tertiary/aromatic N) is 2. The molecule has 0 amide bonds. The van der Waals surface area contributed by atoms with Gasteiger partial charge in [-0.2, -0.15) is 5.26 Å². The lowest BCUT2D eigenvalue weighted by Gasteiger charge is -2.35. The van der Waals surface area contributed by atoms with Crippen LogP contribution in [0.1, 0.15) is 28.3 Å². The van der Waals surface area contributed by atoms with Gasteiger partial charge in [0.1, 0.15) is 11.8 Å². The predicted octanol–water partition coefficient (Wildman–Crippen LogP) is 4.19. The molecule has 0 spiro atoms. The van der Waals surface area contributed by atoms with Gasteiger partial charge in [0.25, 0.3) is 0 Å². The van der Waals surface area contributed by atoms with Crippen LogP contribution < -0.4 is 10.1 Å². The first-order chi connectivity index (χ1) is 15.2. The van der Waals surface area contributed by atoms with E-state index in [-0.39, 0.29) is 6.04 Å². The number of hydrogen-bond donors (Lipinski definition) is 1. The molecule has 1 N–H and O–H groups in total. The smallest absolute Gasteiger partial charge is 0.142 e. The molecule has 3 aromatic carbocycles. The van der Waals surface area contributed by atoms with E-state index in [2.05, 4.69) is 53.5 Å². The van der Waals surface area contributed by atoms with E-state index in [9.17, 15) is 5.26 Å². The summed E-state index contributed by atoms with van der Waals surface area (Å²) in [5, 5.41) is 15.1. The van der Waals surface area contributed by atoms with Gasteiger partial charge in [-0.1, -0.05) is 54.1 Å². The summed E-state index contributed by atoms with van der Waals surface area (Å²) in [6.45, 7) is 7.07. The maximum Gasteiger partial charge on any atom is 0.142 e. The summed E-state index contributed by atoms with van der Waals surface area (Å²) in [6, 6.07) is 21.2. The van der Waals surface area contributed by atoms with Crippen molar-refractivity contribution in [3.8, 4) is 11.8 Å². The van der Waals surface area contributed by atoms with Crippen molar-refractivity contribution in [2.24, 2.45) is 0 Å². The Morgan fingerprint density at radius 2 is 1.84 bits per heavy atom. The highest BCUT2D eigenvalue weighted by Gasteiger charge is 2.23. The fourth-order valence-electron chi connectivity index (χ4n) is 4.33. The van der Waals surface area contributed by atoms with Crippen molar-refractivity contribution in [2.75, 3.05) is 39.9 Å². The van der Waals surface area contributed by atoms with Gasteiger partial charge < -0.3 is 14.8 Å². The lowest BCUT2D eigenvalue weighted by atomic mass is 10.00. The van der Waals surface area contributed by atoms with Gasteiger partial charge in [0.2, 0.25) is 0 Å². The van der Waals surface area contributed by atoms with E-state index in [0.29, 0.717) is 24.5 Å². The highest BCUT2D eigenvalue weighted by atomic mass is 16.5. The second kappa shape index (κ2) is 9.93. The number of rotatable bonds is 7. The lowest BCUT2D eigenvalue weighted by molar-refractivity contribution is 0.0439. The average molecular weight is 416 g/mol. The number of fused-ring (bicyclic) bond motifs is 1. The molecule has 1 fully saturated rings. The van der Waals surface area contributed by atoms with Gasteiger partial charge in [-0.3, -0.25) is 4.90 Å². The normalized spacial score (nSPS) is 15.5. The molecule has 1 aliphatic rings. The molecule has 0 saturated carbocycles. The number of aryl methyl sites for hydroxylation is 1. The van der Waals surface area contributed by atoms with Crippen LogP contribution in [-0.4, -0.2) is 44.8 Å². The molecule has 1 heterocycles. The SMILES string of the molecule is COc1c(C#N)cc2ccccc2c1COCC(c1ccc(C)cc1)N1CCNCC1. The van der Waals surface area contributed by atoms with Gasteiger partial charge in [0.05, 0.1) is 31.9 Å². The van der Waals surface area contributed by atoms with Gasteiger partial charge in [-0.15, -0.1) is 0 Å². The molecule has 0 radical (unpaired) electrons. The van der Waals surface area contributed by atoms with Crippen molar-refractivity contribution in [3.05, 3.63) is 76.9 Å². The summed E-state index contributed by atoms with van der Waals surface area (Å²) < 4.78 is 11.9. The third-order valence-electron chi connectivity index (χ3n) is 6.01. The van der Waals surface area contributed by atoms with E-state index in [4.69, 9.17) is 9.47 Å². The number of piperazine rings is 1. The Kier molecular flexibility index (Phi) is 6.83.